The van der Waals surface area contributed by atoms with Gasteiger partial charge >= 0.3 is 5.97 Å². The molecule has 0 bridgehead atoms. The lowest BCUT2D eigenvalue weighted by atomic mass is 10.0. The maximum atomic E-state index is 11.9. The smallest absolute Gasteiger partial charge is 0.303 e. The van der Waals surface area contributed by atoms with Gasteiger partial charge in [-0.2, -0.15) is 0 Å². The number of benzene rings is 1. The predicted molar refractivity (Wildman–Crippen MR) is 78.7 cm³/mol. The number of carbonyl (C=O) groups is 2. The van der Waals surface area contributed by atoms with Gasteiger partial charge < -0.3 is 10.0 Å². The van der Waals surface area contributed by atoms with Crippen LogP contribution in [0.15, 0.2) is 18.2 Å². The van der Waals surface area contributed by atoms with E-state index in [1.807, 2.05) is 0 Å². The van der Waals surface area contributed by atoms with Crippen molar-refractivity contribution in [2.24, 2.45) is 0 Å². The molecule has 0 aromatic heterocycles. The van der Waals surface area contributed by atoms with Crippen LogP contribution >= 0.6 is 0 Å². The maximum absolute atomic E-state index is 11.9. The van der Waals surface area contributed by atoms with Gasteiger partial charge in [0.15, 0.2) is 0 Å². The molecule has 1 N–H and O–H groups in total. The molecule has 0 radical (unpaired) electrons. The van der Waals surface area contributed by atoms with Crippen molar-refractivity contribution < 1.29 is 14.7 Å². The minimum absolute atomic E-state index is 0.0652. The Morgan fingerprint density at radius 2 is 1.90 bits per heavy atom. The standard InChI is InChI=1S/C16H23NO3/c1-12-6-7-14(13(2)11-12)8-9-15(18)17(3)10-4-5-16(19)20/h6-7,11H,4-5,8-10H2,1-3H3,(H,19,20). The van der Waals surface area contributed by atoms with Crippen molar-refractivity contribution in [3.8, 4) is 0 Å². The third-order valence-corrected chi connectivity index (χ3v) is 3.42. The summed E-state index contributed by atoms with van der Waals surface area (Å²) in [5.74, 6) is -0.753. The van der Waals surface area contributed by atoms with Gasteiger partial charge in [0.05, 0.1) is 0 Å². The molecule has 1 amide bonds. The molecule has 1 aromatic rings. The van der Waals surface area contributed by atoms with Crippen LogP contribution in [0, 0.1) is 13.8 Å². The zero-order valence-corrected chi connectivity index (χ0v) is 12.5. The Hall–Kier alpha value is -1.84. The first-order chi connectivity index (χ1) is 9.40. The Morgan fingerprint density at radius 3 is 2.50 bits per heavy atom. The van der Waals surface area contributed by atoms with Crippen LogP contribution < -0.4 is 0 Å². The average Bonchev–Trinajstić information content (AvgIpc) is 2.36. The Kier molecular flexibility index (Phi) is 6.22. The molecule has 0 unspecified atom stereocenters. The third kappa shape index (κ3) is 5.43. The molecule has 0 heterocycles. The number of aryl methyl sites for hydroxylation is 3. The van der Waals surface area contributed by atoms with Crippen molar-refractivity contribution in [3.05, 3.63) is 34.9 Å². The predicted octanol–water partition coefficient (Wildman–Crippen LogP) is 2.56. The van der Waals surface area contributed by atoms with Gasteiger partial charge in [0, 0.05) is 26.4 Å². The quantitative estimate of drug-likeness (QED) is 0.833. The first kappa shape index (κ1) is 16.2. The van der Waals surface area contributed by atoms with Crippen molar-refractivity contribution in [1.82, 2.24) is 4.90 Å². The van der Waals surface area contributed by atoms with Crippen molar-refractivity contribution >= 4 is 11.9 Å². The monoisotopic (exact) mass is 277 g/mol. The molecule has 0 aliphatic rings. The Bertz CT molecular complexity index is 483. The van der Waals surface area contributed by atoms with Crippen LogP contribution in [0.25, 0.3) is 0 Å². The van der Waals surface area contributed by atoms with Crippen LogP contribution in [0.5, 0.6) is 0 Å². The molecular weight excluding hydrogens is 254 g/mol. The van der Waals surface area contributed by atoms with Gasteiger partial charge in [-0.25, -0.2) is 0 Å². The molecule has 20 heavy (non-hydrogen) atoms. The van der Waals surface area contributed by atoms with Gasteiger partial charge in [0.25, 0.3) is 0 Å². The minimum atomic E-state index is -0.818. The normalized spacial score (nSPS) is 10.3. The number of hydrogen-bond acceptors (Lipinski definition) is 2. The van der Waals surface area contributed by atoms with Crippen LogP contribution in [-0.4, -0.2) is 35.5 Å². The van der Waals surface area contributed by atoms with Crippen LogP contribution in [0.2, 0.25) is 0 Å². The van der Waals surface area contributed by atoms with Gasteiger partial charge in [-0.3, -0.25) is 9.59 Å². The summed E-state index contributed by atoms with van der Waals surface area (Å²) in [6, 6.07) is 6.25. The van der Waals surface area contributed by atoms with Gasteiger partial charge in [0.1, 0.15) is 0 Å². The number of rotatable bonds is 7. The summed E-state index contributed by atoms with van der Waals surface area (Å²) in [4.78, 5) is 24.0. The molecule has 0 spiro atoms. The fourth-order valence-electron chi connectivity index (χ4n) is 2.15. The first-order valence-electron chi connectivity index (χ1n) is 6.92. The number of amides is 1. The number of carboxylic acids is 1. The van der Waals surface area contributed by atoms with E-state index in [4.69, 9.17) is 5.11 Å². The second-order valence-corrected chi connectivity index (χ2v) is 5.24. The number of carboxylic acid groups (broad SMARTS) is 1. The molecule has 110 valence electrons. The summed E-state index contributed by atoms with van der Waals surface area (Å²) >= 11 is 0. The van der Waals surface area contributed by atoms with E-state index in [-0.39, 0.29) is 12.3 Å². The van der Waals surface area contributed by atoms with E-state index in [0.717, 1.165) is 6.42 Å². The van der Waals surface area contributed by atoms with Gasteiger partial charge in [-0.15, -0.1) is 0 Å². The minimum Gasteiger partial charge on any atom is -0.481 e. The second-order valence-electron chi connectivity index (χ2n) is 5.24. The summed E-state index contributed by atoms with van der Waals surface area (Å²) in [5, 5.41) is 8.57. The van der Waals surface area contributed by atoms with Crippen LogP contribution in [0.1, 0.15) is 36.0 Å². The van der Waals surface area contributed by atoms with Crippen LogP contribution in [0.4, 0.5) is 0 Å². The number of hydrogen-bond donors (Lipinski definition) is 1. The lowest BCUT2D eigenvalue weighted by Gasteiger charge is -2.17. The van der Waals surface area contributed by atoms with E-state index in [2.05, 4.69) is 32.0 Å². The summed E-state index contributed by atoms with van der Waals surface area (Å²) in [6.07, 6.45) is 1.80. The topological polar surface area (TPSA) is 57.6 Å². The fraction of sp³-hybridized carbons (Fsp3) is 0.500. The van der Waals surface area contributed by atoms with Crippen molar-refractivity contribution in [3.63, 3.8) is 0 Å². The van der Waals surface area contributed by atoms with Gasteiger partial charge in [-0.1, -0.05) is 23.8 Å². The number of aliphatic carboxylic acids is 1. The maximum Gasteiger partial charge on any atom is 0.303 e. The molecule has 4 nitrogen and oxygen atoms in total. The highest BCUT2D eigenvalue weighted by Crippen LogP contribution is 2.13. The first-order valence-corrected chi connectivity index (χ1v) is 6.92. The Labute approximate surface area is 120 Å². The fourth-order valence-corrected chi connectivity index (χ4v) is 2.15. The highest BCUT2D eigenvalue weighted by molar-refractivity contribution is 5.76. The number of nitrogens with zero attached hydrogens (tertiary/aromatic N) is 1. The summed E-state index contributed by atoms with van der Waals surface area (Å²) in [6.45, 7) is 4.61. The Morgan fingerprint density at radius 1 is 1.20 bits per heavy atom. The zero-order chi connectivity index (χ0) is 15.1. The van der Waals surface area contributed by atoms with Crippen LogP contribution in [-0.2, 0) is 16.0 Å². The molecule has 0 aliphatic heterocycles. The molecule has 0 saturated heterocycles. The van der Waals surface area contributed by atoms with E-state index in [1.54, 1.807) is 11.9 Å². The lowest BCUT2D eigenvalue weighted by Crippen LogP contribution is -2.28. The third-order valence-electron chi connectivity index (χ3n) is 3.42. The SMILES string of the molecule is Cc1ccc(CCC(=O)N(C)CCCC(=O)O)c(C)c1. The molecule has 0 aliphatic carbocycles. The molecule has 0 fully saturated rings. The number of carbonyl (C=O) groups excluding carboxylic acids is 1. The lowest BCUT2D eigenvalue weighted by molar-refractivity contribution is -0.138. The van der Waals surface area contributed by atoms with Gasteiger partial charge in [0.2, 0.25) is 5.91 Å². The van der Waals surface area contributed by atoms with Gasteiger partial charge in [-0.05, 0) is 37.8 Å². The van der Waals surface area contributed by atoms with E-state index in [1.165, 1.54) is 16.7 Å². The van der Waals surface area contributed by atoms with Crippen molar-refractivity contribution in [1.29, 1.82) is 0 Å². The van der Waals surface area contributed by atoms with Crippen molar-refractivity contribution in [2.45, 2.75) is 39.5 Å². The van der Waals surface area contributed by atoms with Crippen molar-refractivity contribution in [2.75, 3.05) is 13.6 Å². The summed E-state index contributed by atoms with van der Waals surface area (Å²) in [5.41, 5.74) is 3.64. The average molecular weight is 277 g/mol. The van der Waals surface area contributed by atoms with E-state index >= 15 is 0 Å². The summed E-state index contributed by atoms with van der Waals surface area (Å²) < 4.78 is 0. The molecular formula is C16H23NO3. The second kappa shape index (κ2) is 7.68. The van der Waals surface area contributed by atoms with Crippen LogP contribution in [0.3, 0.4) is 0 Å². The molecule has 4 heteroatoms. The summed E-state index contributed by atoms with van der Waals surface area (Å²) in [7, 11) is 1.73. The highest BCUT2D eigenvalue weighted by Gasteiger charge is 2.10. The molecule has 0 saturated carbocycles. The molecule has 1 rings (SSSR count). The van der Waals surface area contributed by atoms with E-state index < -0.39 is 5.97 Å². The highest BCUT2D eigenvalue weighted by atomic mass is 16.4. The van der Waals surface area contributed by atoms with E-state index in [0.29, 0.717) is 19.4 Å². The molecule has 0 atom stereocenters. The van der Waals surface area contributed by atoms with E-state index in [9.17, 15) is 9.59 Å². The largest absolute Gasteiger partial charge is 0.481 e. The molecule has 1 aromatic carbocycles. The Balaban J connectivity index is 2.40. The zero-order valence-electron chi connectivity index (χ0n) is 12.5.